The summed E-state index contributed by atoms with van der Waals surface area (Å²) in [6, 6.07) is 0. The van der Waals surface area contributed by atoms with E-state index in [4.69, 9.17) is 13.0 Å². The predicted molar refractivity (Wildman–Crippen MR) is 17.6 cm³/mol. The molecule has 0 bridgehead atoms. The van der Waals surface area contributed by atoms with Crippen molar-refractivity contribution >= 4 is 10.1 Å². The third-order valence-electron chi connectivity index (χ3n) is 0.292. The smallest absolute Gasteiger partial charge is 0.279 e. The van der Waals surface area contributed by atoms with Gasteiger partial charge in [-0.25, -0.2) is 0 Å². The van der Waals surface area contributed by atoms with Crippen molar-refractivity contribution < 1.29 is 26.1 Å². The zero-order valence-corrected chi connectivity index (χ0v) is 7.07. The Balaban J connectivity index is 0. The first-order valence-corrected chi connectivity index (χ1v) is 2.73. The molecule has 0 aliphatic heterocycles. The SMILES string of the molecule is O=S(=O)(O)C(F)(F)F.[Cf]. The maximum Gasteiger partial charge on any atom is 0.522 e. The van der Waals surface area contributed by atoms with Gasteiger partial charge in [0, 0.05) is 0 Å². The molecule has 0 spiro atoms. The zero-order chi connectivity index (χ0) is 7.00. The van der Waals surface area contributed by atoms with Gasteiger partial charge in [-0.3, -0.25) is 4.55 Å². The van der Waals surface area contributed by atoms with E-state index >= 15 is 0 Å². The number of hydrogen-bond donors (Lipinski definition) is 1. The minimum Gasteiger partial charge on any atom is -0.279 e. The van der Waals surface area contributed by atoms with Crippen molar-refractivity contribution in [1.29, 1.82) is 0 Å². The van der Waals surface area contributed by atoms with Crippen molar-refractivity contribution in [3.63, 3.8) is 0 Å². The molecule has 0 rings (SSSR count). The molecule has 0 aliphatic carbocycles. The van der Waals surface area contributed by atoms with Gasteiger partial charge in [-0.1, -0.05) is 0 Å². The molecule has 0 radical (unpaired) electrons. The molecule has 0 atom stereocenters. The van der Waals surface area contributed by atoms with Crippen LogP contribution < -0.4 is 0 Å². The molecule has 0 amide bonds. The van der Waals surface area contributed by atoms with Crippen LogP contribution in [0.3, 0.4) is 0 Å². The monoisotopic (exact) mass is 399 g/mol. The molecule has 0 unspecified atom stereocenters. The van der Waals surface area contributed by atoms with E-state index in [-0.39, 0.29) is 0 Å². The van der Waals surface area contributed by atoms with Crippen LogP contribution in [0.5, 0.6) is 0 Å². The topological polar surface area (TPSA) is 54.4 Å². The summed E-state index contributed by atoms with van der Waals surface area (Å²) in [5.74, 6) is 0. The van der Waals surface area contributed by atoms with E-state index in [0.717, 1.165) is 0 Å². The van der Waals surface area contributed by atoms with Gasteiger partial charge in [0.25, 0.3) is 0 Å². The molecular weight excluding hydrogens is 400 g/mol. The Labute approximate surface area is 42.9 Å². The first-order valence-electron chi connectivity index (χ1n) is 1.29. The minimum absolute atomic E-state index is 0. The van der Waals surface area contributed by atoms with Gasteiger partial charge in [0.15, 0.2) is 0 Å². The standard InChI is InChI=1S/CHF3O3S.Cf/c2-1(3,4)8(5,6)7;/h(H,5,6,7);. The first kappa shape index (κ1) is 10.6. The maximum absolute atomic E-state index is 10.7. The summed E-state index contributed by atoms with van der Waals surface area (Å²) >= 11 is 0. The summed E-state index contributed by atoms with van der Waals surface area (Å²) in [7, 11) is -5.84. The Morgan fingerprint density at radius 1 is 1.22 bits per heavy atom. The van der Waals surface area contributed by atoms with Gasteiger partial charge in [-0.2, -0.15) is 21.6 Å². The van der Waals surface area contributed by atoms with Gasteiger partial charge in [-0.05, 0) is 0 Å². The van der Waals surface area contributed by atoms with Gasteiger partial charge in [0.1, 0.15) is 0 Å². The van der Waals surface area contributed by atoms with E-state index in [1.54, 1.807) is 0 Å². The van der Waals surface area contributed by atoms with Crippen LogP contribution in [0.4, 0.5) is 13.2 Å². The third kappa shape index (κ3) is 2.50. The maximum atomic E-state index is 10.7. The van der Waals surface area contributed by atoms with Gasteiger partial charge < -0.3 is 0 Å². The second-order valence-electron chi connectivity index (χ2n) is 0.921. The Morgan fingerprint density at radius 2 is 1.33 bits per heavy atom. The van der Waals surface area contributed by atoms with Crippen LogP contribution in [0.15, 0.2) is 0 Å². The van der Waals surface area contributed by atoms with Crippen LogP contribution in [0, 0.1) is 0 Å². The fourth-order valence-corrected chi connectivity index (χ4v) is 0. The molecule has 1 N–H and O–H groups in total. The molecule has 3 nitrogen and oxygen atoms in total. The normalized spacial score (nSPS) is 12.4. The van der Waals surface area contributed by atoms with Crippen molar-refractivity contribution in [2.24, 2.45) is 0 Å². The molecule has 9 heavy (non-hydrogen) atoms. The molecular formula is CHCfF3O3S. The van der Waals surface area contributed by atoms with Gasteiger partial charge in [0.05, 0.1) is 0 Å². The fraction of sp³-hybridized carbons (Fsp3) is 1.00. The Kier molecular flexibility index (Phi) is 2.25. The molecule has 0 aromatic rings. The first-order chi connectivity index (χ1) is 3.25. The molecule has 0 heterocycles. The second-order valence-corrected chi connectivity index (χ2v) is 2.33. The van der Waals surface area contributed by atoms with E-state index in [1.807, 2.05) is 0 Å². The van der Waals surface area contributed by atoms with Crippen LogP contribution in [-0.4, -0.2) is 18.5 Å². The summed E-state index contributed by atoms with van der Waals surface area (Å²) < 4.78 is 57.5. The summed E-state index contributed by atoms with van der Waals surface area (Å²) in [5, 5.41) is 0. The summed E-state index contributed by atoms with van der Waals surface area (Å²) in [6.45, 7) is 0. The van der Waals surface area contributed by atoms with Crippen LogP contribution in [0.25, 0.3) is 0 Å². The second kappa shape index (κ2) is 1.90. The molecule has 0 aromatic carbocycles. The van der Waals surface area contributed by atoms with Crippen molar-refractivity contribution in [2.75, 3.05) is 0 Å². The molecule has 0 saturated heterocycles. The van der Waals surface area contributed by atoms with Crippen LogP contribution in [0.1, 0.15) is 0 Å². The molecule has 0 aliphatic rings. The molecule has 8 heteroatoms. The molecule has 0 aromatic heterocycles. The fourth-order valence-electron chi connectivity index (χ4n) is 0. The van der Waals surface area contributed by atoms with Crippen molar-refractivity contribution in [2.45, 2.75) is 5.51 Å². The van der Waals surface area contributed by atoms with E-state index in [1.165, 1.54) is 0 Å². The summed E-state index contributed by atoms with van der Waals surface area (Å²) in [6.07, 6.45) is 0. The quantitative estimate of drug-likeness (QED) is 0.473. The van der Waals surface area contributed by atoms with E-state index in [2.05, 4.69) is 0 Å². The van der Waals surface area contributed by atoms with Gasteiger partial charge in [0.2, 0.25) is 0 Å². The van der Waals surface area contributed by atoms with Gasteiger partial charge >= 0.3 is 15.6 Å². The molecule has 0 saturated carbocycles. The van der Waals surface area contributed by atoms with Crippen molar-refractivity contribution in [1.82, 2.24) is 0 Å². The largest absolute Gasteiger partial charge is 0.522 e. The summed E-state index contributed by atoms with van der Waals surface area (Å²) in [5.41, 5.74) is -5.53. The zero-order valence-electron chi connectivity index (χ0n) is 3.62. The number of alkyl halides is 3. The predicted octanol–water partition coefficient (Wildman–Crippen LogP) is 0.394. The number of hydrogen-bond acceptors (Lipinski definition) is 2. The Morgan fingerprint density at radius 3 is 1.33 bits per heavy atom. The molecule has 60 valence electrons. The third-order valence-corrected chi connectivity index (χ3v) is 0.877. The van der Waals surface area contributed by atoms with Crippen molar-refractivity contribution in [3.8, 4) is 0 Å². The minimum atomic E-state index is -5.84. The van der Waals surface area contributed by atoms with Gasteiger partial charge in [-0.15, -0.1) is 0 Å². The summed E-state index contributed by atoms with van der Waals surface area (Å²) in [4.78, 5) is 0. The van der Waals surface area contributed by atoms with E-state index in [0.29, 0.717) is 0 Å². The average Bonchev–Trinajstić information content (AvgIpc) is 1.25. The van der Waals surface area contributed by atoms with E-state index < -0.39 is 15.6 Å². The van der Waals surface area contributed by atoms with Crippen LogP contribution in [-0.2, 0) is 10.1 Å². The van der Waals surface area contributed by atoms with E-state index in [9.17, 15) is 13.2 Å². The van der Waals surface area contributed by atoms with Crippen molar-refractivity contribution in [3.05, 3.63) is 0 Å². The van der Waals surface area contributed by atoms with Crippen LogP contribution in [0.2, 0.25) is 0 Å². The number of halogens is 3. The Bertz CT molecular complexity index is 168. The average molecular weight is 401 g/mol. The Hall–Kier alpha value is -1.30. The molecule has 0 fully saturated rings. The van der Waals surface area contributed by atoms with Crippen LogP contribution >= 0.6 is 0 Å². The number of rotatable bonds is 0.